The summed E-state index contributed by atoms with van der Waals surface area (Å²) < 4.78 is 14.5. The first kappa shape index (κ1) is 21.7. The second-order valence-electron chi connectivity index (χ2n) is 7.82. The first-order valence-corrected chi connectivity index (χ1v) is 10.4. The minimum absolute atomic E-state index is 0.169. The third-order valence-corrected chi connectivity index (χ3v) is 5.74. The topological polar surface area (TPSA) is 71.4 Å². The van der Waals surface area contributed by atoms with Gasteiger partial charge < -0.3 is 14.8 Å². The Bertz CT molecular complexity index is 949. The van der Waals surface area contributed by atoms with Crippen LogP contribution in [0.25, 0.3) is 0 Å². The molecule has 2 amide bonds. The predicted octanol–water partition coefficient (Wildman–Crippen LogP) is 3.27. The molecule has 6 nitrogen and oxygen atoms in total. The summed E-state index contributed by atoms with van der Waals surface area (Å²) >= 11 is 0. The number of rotatable bonds is 7. The molecule has 160 valence electrons. The van der Waals surface area contributed by atoms with Gasteiger partial charge in [0.05, 0.1) is 11.6 Å². The van der Waals surface area contributed by atoms with Crippen molar-refractivity contribution in [1.29, 1.82) is 0 Å². The summed E-state index contributed by atoms with van der Waals surface area (Å²) in [6.07, 6.45) is 6.24. The summed E-state index contributed by atoms with van der Waals surface area (Å²) in [5.41, 5.74) is 0.846. The Hall–Kier alpha value is -2.96. The summed E-state index contributed by atoms with van der Waals surface area (Å²) in [6, 6.07) is 8.80. The number of carbonyl (C=O) groups is 2. The van der Waals surface area contributed by atoms with Gasteiger partial charge in [0, 0.05) is 25.4 Å². The molecule has 2 aromatic rings. The van der Waals surface area contributed by atoms with E-state index in [9.17, 15) is 18.8 Å². The molecule has 1 fully saturated rings. The number of nitrogens with one attached hydrogen (secondary N) is 1. The van der Waals surface area contributed by atoms with Crippen LogP contribution in [0.4, 0.5) is 4.39 Å². The Labute approximate surface area is 175 Å². The third kappa shape index (κ3) is 5.14. The number of likely N-dealkylation sites (N-methyl/N-ethyl adjacent to an activating group) is 1. The standard InChI is InChI=1S/C23H28FN3O3/c1-3-20(16-8-11-18(24)12-9-16)26(2)22(29)15-27-14-17(10-13-21(27)28)23(30)25-19-6-4-5-7-19/h8-14,19-20H,3-7,15H2,1-2H3,(H,25,30)/t20-/m1/s1. The minimum atomic E-state index is -0.344. The fourth-order valence-corrected chi connectivity index (χ4v) is 3.98. The van der Waals surface area contributed by atoms with E-state index in [-0.39, 0.29) is 41.8 Å². The van der Waals surface area contributed by atoms with E-state index >= 15 is 0 Å². The highest BCUT2D eigenvalue weighted by Gasteiger charge is 2.22. The number of hydrogen-bond acceptors (Lipinski definition) is 3. The van der Waals surface area contributed by atoms with Gasteiger partial charge in [-0.25, -0.2) is 4.39 Å². The Morgan fingerprint density at radius 3 is 2.47 bits per heavy atom. The van der Waals surface area contributed by atoms with Gasteiger partial charge in [-0.3, -0.25) is 14.4 Å². The van der Waals surface area contributed by atoms with Crippen LogP contribution in [0.5, 0.6) is 0 Å². The maximum absolute atomic E-state index is 13.2. The van der Waals surface area contributed by atoms with Gasteiger partial charge in [-0.2, -0.15) is 0 Å². The minimum Gasteiger partial charge on any atom is -0.349 e. The molecule has 0 aliphatic heterocycles. The highest BCUT2D eigenvalue weighted by molar-refractivity contribution is 5.94. The van der Waals surface area contributed by atoms with Gasteiger partial charge in [0.15, 0.2) is 0 Å². The van der Waals surface area contributed by atoms with Crippen molar-refractivity contribution in [2.75, 3.05) is 7.05 Å². The lowest BCUT2D eigenvalue weighted by Gasteiger charge is -2.28. The molecule has 1 saturated carbocycles. The smallest absolute Gasteiger partial charge is 0.252 e. The summed E-state index contributed by atoms with van der Waals surface area (Å²) in [5, 5.41) is 2.99. The van der Waals surface area contributed by atoms with Gasteiger partial charge >= 0.3 is 0 Å². The molecular weight excluding hydrogens is 385 g/mol. The Morgan fingerprint density at radius 2 is 1.83 bits per heavy atom. The number of pyridine rings is 1. The average Bonchev–Trinajstić information content (AvgIpc) is 3.24. The number of nitrogens with zero attached hydrogens (tertiary/aromatic N) is 2. The lowest BCUT2D eigenvalue weighted by molar-refractivity contribution is -0.132. The highest BCUT2D eigenvalue weighted by Crippen LogP contribution is 2.23. The zero-order chi connectivity index (χ0) is 21.7. The molecule has 1 heterocycles. The molecule has 3 rings (SSSR count). The zero-order valence-electron chi connectivity index (χ0n) is 17.4. The molecule has 7 heteroatoms. The molecule has 0 unspecified atom stereocenters. The normalized spacial score (nSPS) is 15.0. The quantitative estimate of drug-likeness (QED) is 0.757. The Kier molecular flexibility index (Phi) is 7.03. The van der Waals surface area contributed by atoms with Crippen molar-refractivity contribution < 1.29 is 14.0 Å². The van der Waals surface area contributed by atoms with Crippen LogP contribution < -0.4 is 10.9 Å². The van der Waals surface area contributed by atoms with Crippen LogP contribution in [0, 0.1) is 5.82 Å². The van der Waals surface area contributed by atoms with Gasteiger partial charge in [-0.15, -0.1) is 0 Å². The number of benzene rings is 1. The molecule has 1 aromatic heterocycles. The van der Waals surface area contributed by atoms with E-state index in [2.05, 4.69) is 5.32 Å². The van der Waals surface area contributed by atoms with Crippen molar-refractivity contribution in [2.45, 2.75) is 57.7 Å². The molecule has 0 saturated heterocycles. The van der Waals surface area contributed by atoms with Crippen molar-refractivity contribution in [2.24, 2.45) is 0 Å². The third-order valence-electron chi connectivity index (χ3n) is 5.74. The number of halogens is 1. The van der Waals surface area contributed by atoms with Crippen LogP contribution in [0.2, 0.25) is 0 Å². The van der Waals surface area contributed by atoms with Crippen LogP contribution in [-0.4, -0.2) is 34.4 Å². The largest absolute Gasteiger partial charge is 0.349 e. The SMILES string of the molecule is CC[C@H](c1ccc(F)cc1)N(C)C(=O)Cn1cc(C(=O)NC2CCCC2)ccc1=O. The summed E-state index contributed by atoms with van der Waals surface area (Å²) in [5.74, 6) is -0.822. The molecule has 0 radical (unpaired) electrons. The number of aromatic nitrogens is 1. The fraction of sp³-hybridized carbons (Fsp3) is 0.435. The van der Waals surface area contributed by atoms with Gasteiger partial charge in [-0.1, -0.05) is 31.9 Å². The van der Waals surface area contributed by atoms with E-state index in [4.69, 9.17) is 0 Å². The van der Waals surface area contributed by atoms with Crippen molar-refractivity contribution in [1.82, 2.24) is 14.8 Å². The first-order chi connectivity index (χ1) is 14.4. The predicted molar refractivity (Wildman–Crippen MR) is 113 cm³/mol. The van der Waals surface area contributed by atoms with Gasteiger partial charge in [0.25, 0.3) is 11.5 Å². The lowest BCUT2D eigenvalue weighted by Crippen LogP contribution is -2.37. The monoisotopic (exact) mass is 413 g/mol. The van der Waals surface area contributed by atoms with E-state index in [1.807, 2.05) is 6.92 Å². The van der Waals surface area contributed by atoms with E-state index in [1.165, 1.54) is 35.0 Å². The van der Waals surface area contributed by atoms with Gasteiger partial charge in [-0.05, 0) is 43.0 Å². The summed E-state index contributed by atoms with van der Waals surface area (Å²) in [7, 11) is 1.67. The molecule has 1 atom stereocenters. The van der Waals surface area contributed by atoms with Crippen LogP contribution in [0.15, 0.2) is 47.4 Å². The van der Waals surface area contributed by atoms with E-state index < -0.39 is 0 Å². The Morgan fingerprint density at radius 1 is 1.17 bits per heavy atom. The average molecular weight is 413 g/mol. The van der Waals surface area contributed by atoms with Gasteiger partial charge in [0.2, 0.25) is 5.91 Å². The molecule has 1 aromatic carbocycles. The molecule has 0 bridgehead atoms. The van der Waals surface area contributed by atoms with E-state index in [1.54, 1.807) is 24.1 Å². The molecule has 1 N–H and O–H groups in total. The number of hydrogen-bond donors (Lipinski definition) is 1. The van der Waals surface area contributed by atoms with Crippen molar-refractivity contribution >= 4 is 11.8 Å². The lowest BCUT2D eigenvalue weighted by atomic mass is 10.0. The Balaban J connectivity index is 1.72. The summed E-state index contributed by atoms with van der Waals surface area (Å²) in [6.45, 7) is 1.77. The first-order valence-electron chi connectivity index (χ1n) is 10.4. The van der Waals surface area contributed by atoms with Crippen LogP contribution >= 0.6 is 0 Å². The molecule has 1 aliphatic rings. The maximum atomic E-state index is 13.2. The second kappa shape index (κ2) is 9.69. The summed E-state index contributed by atoms with van der Waals surface area (Å²) in [4.78, 5) is 39.2. The maximum Gasteiger partial charge on any atom is 0.252 e. The molecule has 30 heavy (non-hydrogen) atoms. The fourth-order valence-electron chi connectivity index (χ4n) is 3.98. The second-order valence-corrected chi connectivity index (χ2v) is 7.82. The number of carbonyl (C=O) groups excluding carboxylic acids is 2. The zero-order valence-corrected chi connectivity index (χ0v) is 17.4. The van der Waals surface area contributed by atoms with Crippen molar-refractivity contribution in [3.05, 3.63) is 69.9 Å². The van der Waals surface area contributed by atoms with Crippen molar-refractivity contribution in [3.63, 3.8) is 0 Å². The van der Waals surface area contributed by atoms with E-state index in [0.717, 1.165) is 31.2 Å². The highest BCUT2D eigenvalue weighted by atomic mass is 19.1. The van der Waals surface area contributed by atoms with Gasteiger partial charge in [0.1, 0.15) is 12.4 Å². The van der Waals surface area contributed by atoms with Crippen molar-refractivity contribution in [3.8, 4) is 0 Å². The molecule has 0 spiro atoms. The molecular formula is C23H28FN3O3. The molecule has 1 aliphatic carbocycles. The number of amides is 2. The van der Waals surface area contributed by atoms with Crippen LogP contribution in [-0.2, 0) is 11.3 Å². The van der Waals surface area contributed by atoms with E-state index in [0.29, 0.717) is 12.0 Å². The van der Waals surface area contributed by atoms with Crippen LogP contribution in [0.3, 0.4) is 0 Å². The van der Waals surface area contributed by atoms with Crippen LogP contribution in [0.1, 0.15) is 61.0 Å².